The molecule has 0 heterocycles. The largest absolute Gasteiger partial charge is 0.486 e. The van der Waals surface area contributed by atoms with Gasteiger partial charge in [0.15, 0.2) is 0 Å². The predicted octanol–water partition coefficient (Wildman–Crippen LogP) is 4.36. The van der Waals surface area contributed by atoms with Crippen LogP contribution in [-0.2, 0) is 9.53 Å². The summed E-state index contributed by atoms with van der Waals surface area (Å²) < 4.78 is 24.8. The van der Waals surface area contributed by atoms with E-state index in [1.54, 1.807) is 19.9 Å². The van der Waals surface area contributed by atoms with Crippen molar-refractivity contribution in [2.45, 2.75) is 58.8 Å². The molecule has 3 atom stereocenters. The van der Waals surface area contributed by atoms with E-state index < -0.39 is 30.0 Å². The quantitative estimate of drug-likeness (QED) is 0.679. The van der Waals surface area contributed by atoms with E-state index in [1.165, 1.54) is 12.1 Å². The Morgan fingerprint density at radius 1 is 1.25 bits per heavy atom. The van der Waals surface area contributed by atoms with E-state index in [-0.39, 0.29) is 23.3 Å². The number of rotatable bonds is 8. The number of carbonyl (C=O) groups is 1. The Morgan fingerprint density at radius 2 is 1.83 bits per heavy atom. The van der Waals surface area contributed by atoms with Crippen LogP contribution in [0.1, 0.15) is 40.5 Å². The first-order chi connectivity index (χ1) is 10.8. The molecule has 0 radical (unpaired) electrons. The van der Waals surface area contributed by atoms with E-state index in [4.69, 9.17) is 26.8 Å². The number of esters is 1. The molecule has 0 aromatic heterocycles. The Labute approximate surface area is 154 Å². The summed E-state index contributed by atoms with van der Waals surface area (Å²) in [5.74, 6) is -0.506. The van der Waals surface area contributed by atoms with Crippen LogP contribution in [0.4, 0.5) is 4.39 Å². The minimum absolute atomic E-state index is 0. The molecule has 7 heteroatoms. The molecule has 0 amide bonds. The minimum Gasteiger partial charge on any atom is -0.486 e. The van der Waals surface area contributed by atoms with Crippen molar-refractivity contribution >= 4 is 30.0 Å². The molecule has 2 N–H and O–H groups in total. The van der Waals surface area contributed by atoms with Gasteiger partial charge in [-0.15, -0.1) is 12.4 Å². The van der Waals surface area contributed by atoms with Gasteiger partial charge in [0.25, 0.3) is 0 Å². The molecule has 1 aromatic carbocycles. The number of carbonyl (C=O) groups excluding carboxylic acids is 1. The fraction of sp³-hybridized carbons (Fsp3) is 0.588. The summed E-state index contributed by atoms with van der Waals surface area (Å²) >= 11 is 5.86. The van der Waals surface area contributed by atoms with Crippen LogP contribution >= 0.6 is 24.0 Å². The number of halogens is 3. The van der Waals surface area contributed by atoms with Gasteiger partial charge in [-0.05, 0) is 44.7 Å². The van der Waals surface area contributed by atoms with Gasteiger partial charge < -0.3 is 15.2 Å². The molecule has 1 rings (SSSR count). The molecule has 4 nitrogen and oxygen atoms in total. The Kier molecular flexibility index (Phi) is 10.3. The van der Waals surface area contributed by atoms with Crippen molar-refractivity contribution in [3.8, 4) is 5.75 Å². The molecule has 0 bridgehead atoms. The molecule has 24 heavy (non-hydrogen) atoms. The molecular formula is C17H26Cl2FNO3. The van der Waals surface area contributed by atoms with Gasteiger partial charge in [-0.1, -0.05) is 25.4 Å². The molecule has 0 aliphatic heterocycles. The van der Waals surface area contributed by atoms with Gasteiger partial charge in [0.05, 0.1) is 0 Å². The molecule has 0 fully saturated rings. The van der Waals surface area contributed by atoms with Crippen LogP contribution in [0.2, 0.25) is 5.02 Å². The third-order valence-electron chi connectivity index (χ3n) is 3.76. The fourth-order valence-electron chi connectivity index (χ4n) is 2.44. The van der Waals surface area contributed by atoms with Gasteiger partial charge in [0.1, 0.15) is 29.8 Å². The lowest BCUT2D eigenvalue weighted by Gasteiger charge is -2.31. The number of hydrogen-bond acceptors (Lipinski definition) is 4. The van der Waals surface area contributed by atoms with Crippen LogP contribution in [0.25, 0.3) is 0 Å². The first kappa shape index (κ1) is 23.0. The first-order valence-corrected chi connectivity index (χ1v) is 8.25. The van der Waals surface area contributed by atoms with Gasteiger partial charge in [-0.3, -0.25) is 4.79 Å². The van der Waals surface area contributed by atoms with E-state index in [2.05, 4.69) is 0 Å². The van der Waals surface area contributed by atoms with Gasteiger partial charge in [0, 0.05) is 11.1 Å². The van der Waals surface area contributed by atoms with Crippen LogP contribution in [-0.4, -0.2) is 24.2 Å². The van der Waals surface area contributed by atoms with Crippen LogP contribution in [0.5, 0.6) is 5.75 Å². The topological polar surface area (TPSA) is 61.5 Å². The van der Waals surface area contributed by atoms with Crippen molar-refractivity contribution in [1.82, 2.24) is 0 Å². The second-order valence-electron chi connectivity index (χ2n) is 5.69. The Morgan fingerprint density at radius 3 is 2.29 bits per heavy atom. The standard InChI is InChI=1S/C17H25ClFNO3.ClH/c1-5-12(6-2)16(11(4)22-17(21)10(3)20)23-15-8-13(18)7-14(19)9-15;/h7-12,16H,5-6,20H2,1-4H3;1H/t10-,11-,16+;/m0./s1. The molecule has 0 aliphatic carbocycles. The number of hydrogen-bond donors (Lipinski definition) is 1. The highest BCUT2D eigenvalue weighted by Gasteiger charge is 2.30. The lowest BCUT2D eigenvalue weighted by molar-refractivity contribution is -0.155. The Bertz CT molecular complexity index is 504. The summed E-state index contributed by atoms with van der Waals surface area (Å²) in [6.45, 7) is 7.38. The summed E-state index contributed by atoms with van der Waals surface area (Å²) in [7, 11) is 0. The highest BCUT2D eigenvalue weighted by atomic mass is 35.5. The predicted molar refractivity (Wildman–Crippen MR) is 96.3 cm³/mol. The third-order valence-corrected chi connectivity index (χ3v) is 3.98. The SMILES string of the molecule is CCC(CC)[C@H](Oc1cc(F)cc(Cl)c1)[C@H](C)OC(=O)[C@H](C)N.Cl. The molecule has 0 saturated carbocycles. The van der Waals surface area contributed by atoms with E-state index in [0.29, 0.717) is 5.75 Å². The van der Waals surface area contributed by atoms with Gasteiger partial charge in [-0.25, -0.2) is 4.39 Å². The fourth-order valence-corrected chi connectivity index (χ4v) is 2.65. The lowest BCUT2D eigenvalue weighted by Crippen LogP contribution is -2.42. The van der Waals surface area contributed by atoms with Crippen molar-refractivity contribution < 1.29 is 18.7 Å². The Balaban J connectivity index is 0.00000529. The van der Waals surface area contributed by atoms with Crippen molar-refractivity contribution in [2.24, 2.45) is 11.7 Å². The van der Waals surface area contributed by atoms with Crippen LogP contribution in [0, 0.1) is 11.7 Å². The molecule has 138 valence electrons. The molecular weight excluding hydrogens is 356 g/mol. The zero-order chi connectivity index (χ0) is 17.6. The number of nitrogens with two attached hydrogens (primary N) is 1. The van der Waals surface area contributed by atoms with Gasteiger partial charge in [-0.2, -0.15) is 0 Å². The Hall–Kier alpha value is -1.04. The van der Waals surface area contributed by atoms with Crippen molar-refractivity contribution in [3.63, 3.8) is 0 Å². The van der Waals surface area contributed by atoms with Crippen molar-refractivity contribution in [3.05, 3.63) is 29.0 Å². The molecule has 0 saturated heterocycles. The van der Waals surface area contributed by atoms with Crippen LogP contribution in [0.3, 0.4) is 0 Å². The van der Waals surface area contributed by atoms with Crippen molar-refractivity contribution in [2.75, 3.05) is 0 Å². The van der Waals surface area contributed by atoms with E-state index >= 15 is 0 Å². The van der Waals surface area contributed by atoms with E-state index in [1.807, 2.05) is 13.8 Å². The first-order valence-electron chi connectivity index (χ1n) is 7.87. The second-order valence-corrected chi connectivity index (χ2v) is 6.13. The summed E-state index contributed by atoms with van der Waals surface area (Å²) in [5.41, 5.74) is 5.54. The zero-order valence-electron chi connectivity index (χ0n) is 14.4. The van der Waals surface area contributed by atoms with E-state index in [9.17, 15) is 9.18 Å². The zero-order valence-corrected chi connectivity index (χ0v) is 16.0. The minimum atomic E-state index is -0.705. The maximum atomic E-state index is 13.5. The molecule has 1 aromatic rings. The monoisotopic (exact) mass is 381 g/mol. The summed E-state index contributed by atoms with van der Waals surface area (Å²) in [5, 5.41) is 0.253. The summed E-state index contributed by atoms with van der Waals surface area (Å²) in [6, 6.07) is 3.31. The molecule has 0 unspecified atom stereocenters. The lowest BCUT2D eigenvalue weighted by atomic mass is 9.93. The maximum Gasteiger partial charge on any atom is 0.323 e. The maximum absolute atomic E-state index is 13.5. The number of ether oxygens (including phenoxy) is 2. The van der Waals surface area contributed by atoms with Crippen molar-refractivity contribution in [1.29, 1.82) is 0 Å². The highest BCUT2D eigenvalue weighted by Crippen LogP contribution is 2.27. The summed E-state index contributed by atoms with van der Waals surface area (Å²) in [4.78, 5) is 11.7. The summed E-state index contributed by atoms with van der Waals surface area (Å²) in [6.07, 6.45) is 0.750. The highest BCUT2D eigenvalue weighted by molar-refractivity contribution is 6.30. The average Bonchev–Trinajstić information content (AvgIpc) is 2.46. The second kappa shape index (κ2) is 10.7. The van der Waals surface area contributed by atoms with Crippen LogP contribution < -0.4 is 10.5 Å². The molecule has 0 aliphatic rings. The smallest absolute Gasteiger partial charge is 0.323 e. The third kappa shape index (κ3) is 6.83. The normalized spacial score (nSPS) is 14.5. The number of benzene rings is 1. The van der Waals surface area contributed by atoms with Gasteiger partial charge in [0.2, 0.25) is 0 Å². The van der Waals surface area contributed by atoms with Gasteiger partial charge >= 0.3 is 5.97 Å². The average molecular weight is 382 g/mol. The van der Waals surface area contributed by atoms with Crippen LogP contribution in [0.15, 0.2) is 18.2 Å². The van der Waals surface area contributed by atoms with E-state index in [0.717, 1.165) is 12.8 Å². The molecule has 0 spiro atoms.